The molecule has 1 aliphatic carbocycles. The average Bonchev–Trinajstić information content (AvgIpc) is 3.29. The lowest BCUT2D eigenvalue weighted by Gasteiger charge is -2.37. The molecule has 23 heavy (non-hydrogen) atoms. The third kappa shape index (κ3) is 4.44. The minimum atomic E-state index is 0.213. The van der Waals surface area contributed by atoms with E-state index in [1.807, 2.05) is 0 Å². The summed E-state index contributed by atoms with van der Waals surface area (Å²) in [4.78, 5) is 19.3. The van der Waals surface area contributed by atoms with Crippen molar-refractivity contribution in [2.75, 3.05) is 58.9 Å². The molecular weight excluding hydrogens is 292 g/mol. The molecule has 0 aromatic rings. The van der Waals surface area contributed by atoms with Crippen molar-refractivity contribution < 1.29 is 9.53 Å². The van der Waals surface area contributed by atoms with Gasteiger partial charge in [-0.2, -0.15) is 0 Å². The minimum Gasteiger partial charge on any atom is -0.372 e. The summed E-state index contributed by atoms with van der Waals surface area (Å²) in [5.41, 5.74) is 0. The molecule has 6 nitrogen and oxygen atoms in total. The van der Waals surface area contributed by atoms with Gasteiger partial charge in [0.05, 0.1) is 18.8 Å². The number of likely N-dealkylation sites (tertiary alicyclic amines) is 1. The van der Waals surface area contributed by atoms with Gasteiger partial charge in [0.15, 0.2) is 0 Å². The average molecular weight is 322 g/mol. The summed E-state index contributed by atoms with van der Waals surface area (Å²) in [7, 11) is 0. The van der Waals surface area contributed by atoms with E-state index in [0.29, 0.717) is 24.8 Å². The highest BCUT2D eigenvalue weighted by Crippen LogP contribution is 2.26. The van der Waals surface area contributed by atoms with Crippen LogP contribution in [0.25, 0.3) is 0 Å². The lowest BCUT2D eigenvalue weighted by molar-refractivity contribution is -0.122. The third-order valence-corrected chi connectivity index (χ3v) is 5.63. The number of carbonyl (C=O) groups excluding carboxylic acids is 1. The van der Waals surface area contributed by atoms with Gasteiger partial charge in [-0.05, 0) is 25.7 Å². The molecule has 130 valence electrons. The van der Waals surface area contributed by atoms with Crippen molar-refractivity contribution in [2.45, 2.75) is 43.9 Å². The molecule has 4 fully saturated rings. The minimum absolute atomic E-state index is 0.213. The van der Waals surface area contributed by atoms with Crippen LogP contribution in [0, 0.1) is 0 Å². The van der Waals surface area contributed by atoms with E-state index in [-0.39, 0.29) is 5.91 Å². The summed E-state index contributed by atoms with van der Waals surface area (Å²) in [6, 6.07) is 0.479. The summed E-state index contributed by atoms with van der Waals surface area (Å²) < 4.78 is 5.90. The van der Waals surface area contributed by atoms with Crippen molar-refractivity contribution in [3.63, 3.8) is 0 Å². The van der Waals surface area contributed by atoms with E-state index in [0.717, 1.165) is 45.8 Å². The predicted molar refractivity (Wildman–Crippen MR) is 88.4 cm³/mol. The van der Waals surface area contributed by atoms with Gasteiger partial charge in [0.2, 0.25) is 5.91 Å². The van der Waals surface area contributed by atoms with Crippen LogP contribution in [0.5, 0.6) is 0 Å². The van der Waals surface area contributed by atoms with Crippen molar-refractivity contribution in [2.24, 2.45) is 0 Å². The zero-order valence-corrected chi connectivity index (χ0v) is 14.1. The Morgan fingerprint density at radius 3 is 2.13 bits per heavy atom. The van der Waals surface area contributed by atoms with Gasteiger partial charge >= 0.3 is 0 Å². The van der Waals surface area contributed by atoms with Gasteiger partial charge in [0.25, 0.3) is 0 Å². The number of carbonyl (C=O) groups is 1. The Morgan fingerprint density at radius 2 is 1.48 bits per heavy atom. The van der Waals surface area contributed by atoms with E-state index >= 15 is 0 Å². The molecule has 0 aromatic carbocycles. The van der Waals surface area contributed by atoms with Crippen LogP contribution >= 0.6 is 0 Å². The van der Waals surface area contributed by atoms with Crippen LogP contribution in [-0.4, -0.2) is 97.8 Å². The number of nitrogens with zero attached hydrogens (tertiary/aromatic N) is 3. The maximum atomic E-state index is 11.9. The van der Waals surface area contributed by atoms with Gasteiger partial charge in [0, 0.05) is 58.4 Å². The van der Waals surface area contributed by atoms with E-state index in [2.05, 4.69) is 20.0 Å². The number of amides is 1. The Balaban J connectivity index is 1.12. The molecule has 4 aliphatic rings. The highest BCUT2D eigenvalue weighted by molar-refractivity contribution is 5.78. The Kier molecular flexibility index (Phi) is 4.85. The summed E-state index contributed by atoms with van der Waals surface area (Å²) in [6.45, 7) is 9.37. The molecule has 0 radical (unpaired) electrons. The SMILES string of the molecule is O=C(CN1CCN(CCN2CC3CCC(C2)O3)CC1)NC1CC1. The quantitative estimate of drug-likeness (QED) is 0.730. The first-order valence-electron chi connectivity index (χ1n) is 9.36. The van der Waals surface area contributed by atoms with Crippen LogP contribution in [-0.2, 0) is 9.53 Å². The van der Waals surface area contributed by atoms with Crippen LogP contribution in [0.2, 0.25) is 0 Å². The van der Waals surface area contributed by atoms with Crippen LogP contribution in [0.3, 0.4) is 0 Å². The van der Waals surface area contributed by atoms with Crippen LogP contribution in [0.4, 0.5) is 0 Å². The van der Waals surface area contributed by atoms with E-state index in [1.54, 1.807) is 0 Å². The number of ether oxygens (including phenoxy) is 1. The van der Waals surface area contributed by atoms with Crippen molar-refractivity contribution in [3.8, 4) is 0 Å². The third-order valence-electron chi connectivity index (χ3n) is 5.63. The molecule has 0 spiro atoms. The number of fused-ring (bicyclic) bond motifs is 2. The Morgan fingerprint density at radius 1 is 0.870 bits per heavy atom. The monoisotopic (exact) mass is 322 g/mol. The van der Waals surface area contributed by atoms with Crippen molar-refractivity contribution >= 4 is 5.91 Å². The van der Waals surface area contributed by atoms with Gasteiger partial charge in [-0.15, -0.1) is 0 Å². The van der Waals surface area contributed by atoms with Gasteiger partial charge in [0.1, 0.15) is 0 Å². The Labute approximate surface area is 139 Å². The summed E-state index contributed by atoms with van der Waals surface area (Å²) in [5.74, 6) is 0.213. The van der Waals surface area contributed by atoms with E-state index in [9.17, 15) is 4.79 Å². The van der Waals surface area contributed by atoms with Crippen LogP contribution in [0.15, 0.2) is 0 Å². The topological polar surface area (TPSA) is 48.1 Å². The number of piperazine rings is 1. The zero-order chi connectivity index (χ0) is 15.6. The largest absolute Gasteiger partial charge is 0.372 e. The normalized spacial score (nSPS) is 33.0. The van der Waals surface area contributed by atoms with E-state index in [4.69, 9.17) is 4.74 Å². The van der Waals surface area contributed by atoms with Gasteiger partial charge in [-0.25, -0.2) is 0 Å². The zero-order valence-electron chi connectivity index (χ0n) is 14.1. The van der Waals surface area contributed by atoms with Gasteiger partial charge in [-0.1, -0.05) is 0 Å². The second-order valence-electron chi connectivity index (χ2n) is 7.68. The maximum Gasteiger partial charge on any atom is 0.234 e. The predicted octanol–water partition coefficient (Wildman–Crippen LogP) is -0.254. The highest BCUT2D eigenvalue weighted by atomic mass is 16.5. The number of rotatable bonds is 6. The Bertz CT molecular complexity index is 409. The smallest absolute Gasteiger partial charge is 0.234 e. The van der Waals surface area contributed by atoms with Gasteiger partial charge < -0.3 is 10.1 Å². The number of nitrogens with one attached hydrogen (secondary N) is 1. The van der Waals surface area contributed by atoms with E-state index in [1.165, 1.54) is 32.2 Å². The molecule has 1 amide bonds. The number of hydrogen-bond acceptors (Lipinski definition) is 5. The van der Waals surface area contributed by atoms with Crippen LogP contribution in [0.1, 0.15) is 25.7 Å². The van der Waals surface area contributed by atoms with Crippen molar-refractivity contribution in [3.05, 3.63) is 0 Å². The maximum absolute atomic E-state index is 11.9. The fourth-order valence-electron chi connectivity index (χ4n) is 4.04. The second kappa shape index (κ2) is 7.05. The molecule has 3 heterocycles. The standard InChI is InChI=1S/C17H30N4O2/c22-17(18-14-1-2-14)13-20-8-5-19(6-9-20)7-10-21-11-15-3-4-16(12-21)23-15/h14-16H,1-13H2,(H,18,22). The fraction of sp³-hybridized carbons (Fsp3) is 0.941. The summed E-state index contributed by atoms with van der Waals surface area (Å²) in [5, 5.41) is 3.08. The fourth-order valence-corrected chi connectivity index (χ4v) is 4.04. The number of hydrogen-bond donors (Lipinski definition) is 1. The number of morpholine rings is 1. The van der Waals surface area contributed by atoms with Crippen molar-refractivity contribution in [1.82, 2.24) is 20.0 Å². The molecule has 2 unspecified atom stereocenters. The molecule has 3 saturated heterocycles. The summed E-state index contributed by atoms with van der Waals surface area (Å²) >= 11 is 0. The molecule has 0 aromatic heterocycles. The van der Waals surface area contributed by atoms with Gasteiger partial charge in [-0.3, -0.25) is 19.5 Å². The van der Waals surface area contributed by atoms with E-state index < -0.39 is 0 Å². The Hall–Kier alpha value is -0.690. The first kappa shape index (κ1) is 15.8. The summed E-state index contributed by atoms with van der Waals surface area (Å²) in [6.07, 6.45) is 5.84. The molecule has 6 heteroatoms. The molecular formula is C17H30N4O2. The molecule has 2 atom stereocenters. The second-order valence-corrected chi connectivity index (χ2v) is 7.68. The molecule has 2 bridgehead atoms. The van der Waals surface area contributed by atoms with Crippen molar-refractivity contribution in [1.29, 1.82) is 0 Å². The lowest BCUT2D eigenvalue weighted by Crippen LogP contribution is -2.52. The molecule has 4 rings (SSSR count). The first-order valence-corrected chi connectivity index (χ1v) is 9.36. The molecule has 1 N–H and O–H groups in total. The highest BCUT2D eigenvalue weighted by Gasteiger charge is 2.33. The molecule has 3 aliphatic heterocycles. The lowest BCUT2D eigenvalue weighted by atomic mass is 10.2. The first-order chi connectivity index (χ1) is 11.2. The molecule has 1 saturated carbocycles. The van der Waals surface area contributed by atoms with Crippen LogP contribution < -0.4 is 5.32 Å².